The maximum absolute atomic E-state index is 12.1. The van der Waals surface area contributed by atoms with Crippen molar-refractivity contribution in [1.29, 1.82) is 0 Å². The van der Waals surface area contributed by atoms with Crippen LogP contribution >= 0.6 is 0 Å². The van der Waals surface area contributed by atoms with E-state index < -0.39 is 0 Å². The average Bonchev–Trinajstić information content (AvgIpc) is 2.54. The summed E-state index contributed by atoms with van der Waals surface area (Å²) < 4.78 is 5.55. The van der Waals surface area contributed by atoms with E-state index in [0.717, 1.165) is 12.1 Å². The van der Waals surface area contributed by atoms with Crippen LogP contribution in [-0.4, -0.2) is 31.0 Å². The summed E-state index contributed by atoms with van der Waals surface area (Å²) in [5.74, 6) is 1.42. The van der Waals surface area contributed by atoms with Crippen molar-refractivity contribution in [2.75, 3.05) is 20.2 Å². The largest absolute Gasteiger partial charge is 0.484 e. The minimum absolute atomic E-state index is 0.0449. The second kappa shape index (κ2) is 8.03. The van der Waals surface area contributed by atoms with Crippen LogP contribution in [0.5, 0.6) is 5.75 Å². The lowest BCUT2D eigenvalue weighted by Gasteiger charge is -2.27. The first-order chi connectivity index (χ1) is 10.2. The van der Waals surface area contributed by atoms with Gasteiger partial charge in [0.2, 0.25) is 0 Å². The second-order valence-corrected chi connectivity index (χ2v) is 5.92. The number of ether oxygens (including phenoxy) is 1. The number of rotatable bonds is 6. The molecule has 0 spiro atoms. The number of benzene rings is 1. The second-order valence-electron chi connectivity index (χ2n) is 5.92. The van der Waals surface area contributed by atoms with Gasteiger partial charge >= 0.3 is 0 Å². The predicted octanol–water partition coefficient (Wildman–Crippen LogP) is 2.56. The van der Waals surface area contributed by atoms with Gasteiger partial charge < -0.3 is 15.4 Å². The lowest BCUT2D eigenvalue weighted by atomic mass is 9.89. The Morgan fingerprint density at radius 2 is 1.90 bits per heavy atom. The molecule has 0 aromatic heterocycles. The fraction of sp³-hybridized carbons (Fsp3) is 0.588. The SMILES string of the molecule is CN(CC1CCCCC1)C(=O)COc1ccc(CN)cc1. The van der Waals surface area contributed by atoms with E-state index in [1.807, 2.05) is 36.2 Å². The van der Waals surface area contributed by atoms with Gasteiger partial charge in [-0.05, 0) is 36.5 Å². The van der Waals surface area contributed by atoms with Crippen LogP contribution < -0.4 is 10.5 Å². The fourth-order valence-corrected chi connectivity index (χ4v) is 2.84. The Hall–Kier alpha value is -1.55. The molecule has 0 unspecified atom stereocenters. The number of nitrogens with zero attached hydrogens (tertiary/aromatic N) is 1. The summed E-state index contributed by atoms with van der Waals surface area (Å²) in [5, 5.41) is 0. The first kappa shape index (κ1) is 15.8. The van der Waals surface area contributed by atoms with Crippen LogP contribution in [0.2, 0.25) is 0 Å². The summed E-state index contributed by atoms with van der Waals surface area (Å²) in [6.07, 6.45) is 6.45. The van der Waals surface area contributed by atoms with Crippen molar-refractivity contribution in [2.24, 2.45) is 11.7 Å². The molecule has 116 valence electrons. The normalized spacial score (nSPS) is 15.7. The summed E-state index contributed by atoms with van der Waals surface area (Å²) in [6.45, 7) is 1.48. The van der Waals surface area contributed by atoms with E-state index in [1.54, 1.807) is 0 Å². The van der Waals surface area contributed by atoms with Crippen LogP contribution in [0, 0.1) is 5.92 Å². The molecule has 1 fully saturated rings. The lowest BCUT2D eigenvalue weighted by molar-refractivity contribution is -0.132. The molecule has 0 radical (unpaired) electrons. The minimum atomic E-state index is 0.0449. The Balaban J connectivity index is 1.74. The molecule has 0 saturated heterocycles. The highest BCUT2D eigenvalue weighted by Gasteiger charge is 2.18. The molecular weight excluding hydrogens is 264 g/mol. The van der Waals surface area contributed by atoms with Crippen molar-refractivity contribution in [3.63, 3.8) is 0 Å². The van der Waals surface area contributed by atoms with E-state index in [-0.39, 0.29) is 12.5 Å². The average molecular weight is 290 g/mol. The summed E-state index contributed by atoms with van der Waals surface area (Å²) in [4.78, 5) is 13.9. The van der Waals surface area contributed by atoms with E-state index >= 15 is 0 Å². The zero-order valence-corrected chi connectivity index (χ0v) is 12.9. The molecule has 2 N–H and O–H groups in total. The highest BCUT2D eigenvalue weighted by molar-refractivity contribution is 5.77. The lowest BCUT2D eigenvalue weighted by Crippen LogP contribution is -2.35. The third-order valence-electron chi connectivity index (χ3n) is 4.20. The number of carbonyl (C=O) groups excluding carboxylic acids is 1. The molecule has 1 aliphatic carbocycles. The predicted molar refractivity (Wildman–Crippen MR) is 84.0 cm³/mol. The van der Waals surface area contributed by atoms with Gasteiger partial charge in [0.25, 0.3) is 5.91 Å². The molecule has 1 saturated carbocycles. The third-order valence-corrected chi connectivity index (χ3v) is 4.20. The molecular formula is C17H26N2O2. The minimum Gasteiger partial charge on any atom is -0.484 e. The van der Waals surface area contributed by atoms with Crippen LogP contribution in [0.15, 0.2) is 24.3 Å². The number of hydrogen-bond donors (Lipinski definition) is 1. The van der Waals surface area contributed by atoms with Gasteiger partial charge in [-0.15, -0.1) is 0 Å². The van der Waals surface area contributed by atoms with Gasteiger partial charge in [-0.3, -0.25) is 4.79 Å². The monoisotopic (exact) mass is 290 g/mol. The summed E-state index contributed by atoms with van der Waals surface area (Å²) in [5.41, 5.74) is 6.61. The van der Waals surface area contributed by atoms with Crippen LogP contribution in [-0.2, 0) is 11.3 Å². The van der Waals surface area contributed by atoms with E-state index in [4.69, 9.17) is 10.5 Å². The van der Waals surface area contributed by atoms with Crippen molar-refractivity contribution in [2.45, 2.75) is 38.6 Å². The van der Waals surface area contributed by atoms with Crippen molar-refractivity contribution >= 4 is 5.91 Å². The standard InChI is InChI=1S/C17H26N2O2/c1-19(12-15-5-3-2-4-6-15)17(20)13-21-16-9-7-14(11-18)8-10-16/h7-10,15H,2-6,11-13,18H2,1H3. The third kappa shape index (κ3) is 5.05. The molecule has 2 rings (SSSR count). The van der Waals surface area contributed by atoms with Crippen molar-refractivity contribution in [3.05, 3.63) is 29.8 Å². The quantitative estimate of drug-likeness (QED) is 0.876. The first-order valence-corrected chi connectivity index (χ1v) is 7.85. The van der Waals surface area contributed by atoms with Crippen molar-refractivity contribution in [1.82, 2.24) is 4.90 Å². The number of carbonyl (C=O) groups is 1. The Morgan fingerprint density at radius 3 is 2.52 bits per heavy atom. The van der Waals surface area contributed by atoms with E-state index in [9.17, 15) is 4.79 Å². The van der Waals surface area contributed by atoms with Crippen LogP contribution in [0.1, 0.15) is 37.7 Å². The van der Waals surface area contributed by atoms with Gasteiger partial charge in [0, 0.05) is 20.1 Å². The molecule has 1 aliphatic rings. The Labute approximate surface area is 127 Å². The highest BCUT2D eigenvalue weighted by atomic mass is 16.5. The highest BCUT2D eigenvalue weighted by Crippen LogP contribution is 2.24. The zero-order chi connectivity index (χ0) is 15.1. The molecule has 0 heterocycles. The first-order valence-electron chi connectivity index (χ1n) is 7.85. The molecule has 1 aromatic carbocycles. The van der Waals surface area contributed by atoms with Gasteiger partial charge in [0.05, 0.1) is 0 Å². The van der Waals surface area contributed by atoms with E-state index in [1.165, 1.54) is 32.1 Å². The molecule has 0 aliphatic heterocycles. The topological polar surface area (TPSA) is 55.6 Å². The molecule has 1 amide bonds. The Morgan fingerprint density at radius 1 is 1.24 bits per heavy atom. The van der Waals surface area contributed by atoms with Gasteiger partial charge in [-0.1, -0.05) is 31.4 Å². The maximum atomic E-state index is 12.1. The zero-order valence-electron chi connectivity index (χ0n) is 12.9. The van der Waals surface area contributed by atoms with Crippen LogP contribution in [0.4, 0.5) is 0 Å². The molecule has 0 atom stereocenters. The smallest absolute Gasteiger partial charge is 0.260 e. The molecule has 4 heteroatoms. The molecule has 1 aromatic rings. The number of nitrogens with two attached hydrogens (primary N) is 1. The van der Waals surface area contributed by atoms with Crippen molar-refractivity contribution < 1.29 is 9.53 Å². The van der Waals surface area contributed by atoms with Crippen molar-refractivity contribution in [3.8, 4) is 5.75 Å². The van der Waals surface area contributed by atoms with Gasteiger partial charge in [-0.25, -0.2) is 0 Å². The van der Waals surface area contributed by atoms with E-state index in [2.05, 4.69) is 0 Å². The van der Waals surface area contributed by atoms with Gasteiger partial charge in [0.1, 0.15) is 5.75 Å². The van der Waals surface area contributed by atoms with Crippen LogP contribution in [0.3, 0.4) is 0 Å². The Bertz CT molecular complexity index is 439. The Kier molecular flexibility index (Phi) is 6.05. The molecule has 4 nitrogen and oxygen atoms in total. The van der Waals surface area contributed by atoms with Gasteiger partial charge in [0.15, 0.2) is 6.61 Å². The molecule has 21 heavy (non-hydrogen) atoms. The number of likely N-dealkylation sites (N-methyl/N-ethyl adjacent to an activating group) is 1. The fourth-order valence-electron chi connectivity index (χ4n) is 2.84. The summed E-state index contributed by atoms with van der Waals surface area (Å²) in [7, 11) is 1.87. The summed E-state index contributed by atoms with van der Waals surface area (Å²) in [6, 6.07) is 7.56. The summed E-state index contributed by atoms with van der Waals surface area (Å²) >= 11 is 0. The van der Waals surface area contributed by atoms with E-state index in [0.29, 0.717) is 18.2 Å². The van der Waals surface area contributed by atoms with Gasteiger partial charge in [-0.2, -0.15) is 0 Å². The van der Waals surface area contributed by atoms with Crippen LogP contribution in [0.25, 0.3) is 0 Å². The number of amides is 1. The maximum Gasteiger partial charge on any atom is 0.260 e. The number of hydrogen-bond acceptors (Lipinski definition) is 3. The molecule has 0 bridgehead atoms.